The van der Waals surface area contributed by atoms with Crippen LogP contribution in [-0.2, 0) is 0 Å². The number of nitrogens with zero attached hydrogens (tertiary/aromatic N) is 2. The molecule has 0 spiro atoms. The van der Waals surface area contributed by atoms with Gasteiger partial charge in [0.25, 0.3) is 0 Å². The minimum atomic E-state index is 0.293. The van der Waals surface area contributed by atoms with Gasteiger partial charge < -0.3 is 0 Å². The molecular weight excluding hydrogens is 243 g/mol. The summed E-state index contributed by atoms with van der Waals surface area (Å²) in [5, 5.41) is 0.587. The molecule has 2 rings (SSSR count). The van der Waals surface area contributed by atoms with Crippen LogP contribution in [-0.4, -0.2) is 9.97 Å². The van der Waals surface area contributed by atoms with E-state index < -0.39 is 0 Å². The first-order valence-electron chi connectivity index (χ1n) is 4.47. The minimum absolute atomic E-state index is 0.293. The van der Waals surface area contributed by atoms with Gasteiger partial charge in [-0.25, -0.2) is 9.97 Å². The number of benzene rings is 1. The Morgan fingerprint density at radius 2 is 1.69 bits per heavy atom. The number of aromatic nitrogens is 2. The molecule has 0 fully saturated rings. The van der Waals surface area contributed by atoms with Crippen molar-refractivity contribution in [2.45, 2.75) is 0 Å². The van der Waals surface area contributed by atoms with Gasteiger partial charge in [-0.3, -0.25) is 0 Å². The Balaban J connectivity index is 2.63. The van der Waals surface area contributed by atoms with Crippen LogP contribution in [0.25, 0.3) is 11.4 Å². The number of rotatable bonds is 1. The Kier molecular flexibility index (Phi) is 3.09. The fourth-order valence-corrected chi connectivity index (χ4v) is 1.74. The summed E-state index contributed by atoms with van der Waals surface area (Å²) in [6.07, 6.45) is 5.39. The molecule has 0 N–H and O–H groups in total. The maximum Gasteiger partial charge on any atom is 0.163 e. The molecule has 0 bridgehead atoms. The largest absolute Gasteiger partial charge is 0.216 e. The van der Waals surface area contributed by atoms with Crippen molar-refractivity contribution in [1.82, 2.24) is 9.97 Å². The third-order valence-corrected chi connectivity index (χ3v) is 2.37. The Labute approximate surface area is 103 Å². The summed E-state index contributed by atoms with van der Waals surface area (Å²) in [6, 6.07) is 8.83. The van der Waals surface area contributed by atoms with Crippen LogP contribution in [0.15, 0.2) is 30.3 Å². The van der Waals surface area contributed by atoms with E-state index in [9.17, 15) is 0 Å². The highest BCUT2D eigenvalue weighted by Gasteiger charge is 2.07. The Morgan fingerprint density at radius 3 is 2.31 bits per heavy atom. The lowest BCUT2D eigenvalue weighted by Gasteiger charge is -2.03. The predicted molar refractivity (Wildman–Crippen MR) is 65.4 cm³/mol. The third-order valence-electron chi connectivity index (χ3n) is 1.99. The monoisotopic (exact) mass is 248 g/mol. The molecular formula is C12H6Cl2N2. The van der Waals surface area contributed by atoms with E-state index in [0.717, 1.165) is 5.56 Å². The van der Waals surface area contributed by atoms with E-state index in [4.69, 9.17) is 29.6 Å². The second-order valence-corrected chi connectivity index (χ2v) is 3.80. The minimum Gasteiger partial charge on any atom is -0.216 e. The molecule has 1 heterocycles. The van der Waals surface area contributed by atoms with E-state index in [1.165, 1.54) is 6.07 Å². The summed E-state index contributed by atoms with van der Waals surface area (Å²) < 4.78 is 0. The molecule has 0 unspecified atom stereocenters. The predicted octanol–water partition coefficient (Wildman–Crippen LogP) is 3.43. The van der Waals surface area contributed by atoms with Crippen molar-refractivity contribution in [3.05, 3.63) is 46.2 Å². The van der Waals surface area contributed by atoms with Crippen LogP contribution in [0.3, 0.4) is 0 Å². The molecule has 0 saturated carbocycles. The average molecular weight is 249 g/mol. The zero-order valence-electron chi connectivity index (χ0n) is 8.11. The molecule has 0 atom stereocenters. The first-order valence-corrected chi connectivity index (χ1v) is 5.22. The fraction of sp³-hybridized carbons (Fsp3) is 0. The van der Waals surface area contributed by atoms with Crippen molar-refractivity contribution in [3.8, 4) is 23.7 Å². The van der Waals surface area contributed by atoms with Gasteiger partial charge in [0.15, 0.2) is 5.82 Å². The topological polar surface area (TPSA) is 25.8 Å². The van der Waals surface area contributed by atoms with Crippen molar-refractivity contribution in [2.24, 2.45) is 0 Å². The summed E-state index contributed by atoms with van der Waals surface area (Å²) in [5.41, 5.74) is 1.45. The van der Waals surface area contributed by atoms with Crippen LogP contribution in [0.2, 0.25) is 10.3 Å². The van der Waals surface area contributed by atoms with E-state index in [-0.39, 0.29) is 0 Å². The van der Waals surface area contributed by atoms with Crippen LogP contribution in [0.4, 0.5) is 0 Å². The Bertz CT molecular complexity index is 553. The number of halogens is 2. The standard InChI is InChI=1S/C12H6Cl2N2/c1-2-8-5-3-4-6-9(8)12-15-10(13)7-11(14)16-12/h1,3-7H. The first-order chi connectivity index (χ1) is 7.70. The number of terminal acetylenes is 1. The number of hydrogen-bond donors (Lipinski definition) is 0. The van der Waals surface area contributed by atoms with Crippen LogP contribution >= 0.6 is 23.2 Å². The van der Waals surface area contributed by atoms with Gasteiger partial charge in [0.2, 0.25) is 0 Å². The number of hydrogen-bond acceptors (Lipinski definition) is 2. The molecule has 0 radical (unpaired) electrons. The molecule has 78 valence electrons. The second-order valence-electron chi connectivity index (χ2n) is 3.03. The van der Waals surface area contributed by atoms with Gasteiger partial charge in [-0.05, 0) is 12.1 Å². The molecule has 0 saturated heterocycles. The first kappa shape index (κ1) is 10.9. The van der Waals surface area contributed by atoms with E-state index in [1.54, 1.807) is 0 Å². The molecule has 4 heteroatoms. The van der Waals surface area contributed by atoms with Crippen LogP contribution in [0, 0.1) is 12.3 Å². The highest BCUT2D eigenvalue weighted by Crippen LogP contribution is 2.22. The smallest absolute Gasteiger partial charge is 0.163 e. The highest BCUT2D eigenvalue weighted by molar-refractivity contribution is 6.33. The van der Waals surface area contributed by atoms with Crippen molar-refractivity contribution >= 4 is 23.2 Å². The maximum atomic E-state index is 5.81. The lowest BCUT2D eigenvalue weighted by molar-refractivity contribution is 1.17. The lowest BCUT2D eigenvalue weighted by atomic mass is 10.1. The Morgan fingerprint density at radius 1 is 1.06 bits per heavy atom. The van der Waals surface area contributed by atoms with Crippen LogP contribution in [0.1, 0.15) is 5.56 Å². The molecule has 0 aliphatic rings. The summed E-state index contributed by atoms with van der Waals surface area (Å²) in [7, 11) is 0. The molecule has 0 aliphatic carbocycles. The third kappa shape index (κ3) is 2.16. The van der Waals surface area contributed by atoms with Gasteiger partial charge in [0.05, 0.1) is 0 Å². The Hall–Kier alpha value is -1.56. The molecule has 2 aromatic rings. The lowest BCUT2D eigenvalue weighted by Crippen LogP contribution is -1.92. The molecule has 1 aromatic heterocycles. The van der Waals surface area contributed by atoms with Gasteiger partial charge in [-0.2, -0.15) is 0 Å². The van der Waals surface area contributed by atoms with E-state index in [1.807, 2.05) is 24.3 Å². The van der Waals surface area contributed by atoms with Crippen molar-refractivity contribution in [2.75, 3.05) is 0 Å². The van der Waals surface area contributed by atoms with Gasteiger partial charge in [-0.15, -0.1) is 6.42 Å². The average Bonchev–Trinajstić information content (AvgIpc) is 2.27. The summed E-state index contributed by atoms with van der Waals surface area (Å²) >= 11 is 11.6. The zero-order valence-corrected chi connectivity index (χ0v) is 9.63. The van der Waals surface area contributed by atoms with Gasteiger partial charge in [-0.1, -0.05) is 41.3 Å². The SMILES string of the molecule is C#Cc1ccccc1-c1nc(Cl)cc(Cl)n1. The molecule has 2 nitrogen and oxygen atoms in total. The normalized spacial score (nSPS) is 9.81. The van der Waals surface area contributed by atoms with Crippen LogP contribution in [0.5, 0.6) is 0 Å². The van der Waals surface area contributed by atoms with Crippen LogP contribution < -0.4 is 0 Å². The van der Waals surface area contributed by atoms with Gasteiger partial charge >= 0.3 is 0 Å². The van der Waals surface area contributed by atoms with Gasteiger partial charge in [0.1, 0.15) is 10.3 Å². The molecule has 0 amide bonds. The summed E-state index contributed by atoms with van der Waals surface area (Å²) in [5.74, 6) is 3.00. The zero-order chi connectivity index (χ0) is 11.5. The highest BCUT2D eigenvalue weighted by atomic mass is 35.5. The molecule has 16 heavy (non-hydrogen) atoms. The quantitative estimate of drug-likeness (QED) is 0.571. The molecule has 0 aliphatic heterocycles. The van der Waals surface area contributed by atoms with E-state index >= 15 is 0 Å². The fourth-order valence-electron chi connectivity index (χ4n) is 1.31. The summed E-state index contributed by atoms with van der Waals surface area (Å²) in [6.45, 7) is 0. The second kappa shape index (κ2) is 4.52. The van der Waals surface area contributed by atoms with Crippen molar-refractivity contribution in [1.29, 1.82) is 0 Å². The summed E-state index contributed by atoms with van der Waals surface area (Å²) in [4.78, 5) is 8.17. The van der Waals surface area contributed by atoms with E-state index in [0.29, 0.717) is 21.7 Å². The van der Waals surface area contributed by atoms with Crippen molar-refractivity contribution < 1.29 is 0 Å². The van der Waals surface area contributed by atoms with E-state index in [2.05, 4.69) is 15.9 Å². The van der Waals surface area contributed by atoms with Gasteiger partial charge in [0, 0.05) is 17.2 Å². The van der Waals surface area contributed by atoms with Crippen molar-refractivity contribution in [3.63, 3.8) is 0 Å². The maximum absolute atomic E-state index is 5.81. The molecule has 1 aromatic carbocycles.